The van der Waals surface area contributed by atoms with Crippen molar-refractivity contribution in [3.05, 3.63) is 82.1 Å². The van der Waals surface area contributed by atoms with Crippen molar-refractivity contribution in [2.24, 2.45) is 0 Å². The lowest BCUT2D eigenvalue weighted by Crippen LogP contribution is -2.55. The van der Waals surface area contributed by atoms with Crippen molar-refractivity contribution in [2.75, 3.05) is 19.1 Å². The lowest BCUT2D eigenvalue weighted by Gasteiger charge is -2.31. The average Bonchev–Trinajstić information content (AvgIpc) is 3.29. The van der Waals surface area contributed by atoms with Gasteiger partial charge in [0.2, 0.25) is 0 Å². The van der Waals surface area contributed by atoms with Gasteiger partial charge >= 0.3 is 6.03 Å². The third-order valence-electron chi connectivity index (χ3n) is 5.04. The van der Waals surface area contributed by atoms with Crippen molar-refractivity contribution in [3.8, 4) is 17.1 Å². The number of carbonyl (C=O) groups is 3. The zero-order valence-electron chi connectivity index (χ0n) is 17.6. The summed E-state index contributed by atoms with van der Waals surface area (Å²) in [6.07, 6.45) is 1.25. The second-order valence-electron chi connectivity index (χ2n) is 7.02. The summed E-state index contributed by atoms with van der Waals surface area (Å²) < 4.78 is 11.0. The summed E-state index contributed by atoms with van der Waals surface area (Å²) in [5.74, 6) is -0.821. The molecule has 33 heavy (non-hydrogen) atoms. The van der Waals surface area contributed by atoms with Crippen molar-refractivity contribution < 1.29 is 28.5 Å². The molecule has 1 aromatic heterocycles. The molecular weight excluding hydrogens is 430 g/mol. The van der Waals surface area contributed by atoms with Crippen LogP contribution in [0.1, 0.15) is 5.76 Å². The minimum atomic E-state index is -0.778. The number of amides is 4. The molecule has 0 bridgehead atoms. The molecule has 0 N–H and O–H groups in total. The number of urea groups is 1. The third-order valence-corrected chi connectivity index (χ3v) is 5.04. The first-order valence-electron chi connectivity index (χ1n) is 9.67. The van der Waals surface area contributed by atoms with E-state index in [1.54, 1.807) is 36.4 Å². The van der Waals surface area contributed by atoms with Crippen LogP contribution in [-0.4, -0.2) is 41.8 Å². The van der Waals surface area contributed by atoms with Gasteiger partial charge in [-0.05, 0) is 36.4 Å². The maximum atomic E-state index is 13.0. The Labute approximate surface area is 187 Å². The van der Waals surface area contributed by atoms with Gasteiger partial charge in [-0.2, -0.15) is 0 Å². The molecule has 0 radical (unpaired) electrons. The number of nitro groups is 1. The maximum Gasteiger partial charge on any atom is 0.338 e. The fourth-order valence-electron chi connectivity index (χ4n) is 3.36. The van der Waals surface area contributed by atoms with Gasteiger partial charge in [-0.3, -0.25) is 24.6 Å². The number of likely N-dealkylation sites (N-methyl/N-ethyl adjacent to an activating group) is 1. The largest absolute Gasteiger partial charge is 0.496 e. The molecule has 10 nitrogen and oxygen atoms in total. The van der Waals surface area contributed by atoms with E-state index in [9.17, 15) is 24.5 Å². The van der Waals surface area contributed by atoms with Crippen LogP contribution in [0.3, 0.4) is 0 Å². The fraction of sp³-hybridized carbons (Fsp3) is 0.0870. The summed E-state index contributed by atoms with van der Waals surface area (Å²) in [5.41, 5.74) is 0.384. The number of non-ortho nitro benzene ring substituents is 1. The summed E-state index contributed by atoms with van der Waals surface area (Å²) >= 11 is 0. The van der Waals surface area contributed by atoms with E-state index in [0.29, 0.717) is 17.0 Å². The highest BCUT2D eigenvalue weighted by atomic mass is 16.6. The topological polar surface area (TPSA) is 123 Å². The van der Waals surface area contributed by atoms with E-state index in [1.165, 1.54) is 44.5 Å². The van der Waals surface area contributed by atoms with Crippen LogP contribution in [0.2, 0.25) is 0 Å². The Morgan fingerprint density at radius 3 is 2.39 bits per heavy atom. The Hall–Kier alpha value is -4.73. The number of anilines is 1. The molecule has 0 aliphatic carbocycles. The van der Waals surface area contributed by atoms with E-state index in [0.717, 1.165) is 9.80 Å². The molecule has 10 heteroatoms. The highest BCUT2D eigenvalue weighted by Gasteiger charge is 2.41. The lowest BCUT2D eigenvalue weighted by atomic mass is 10.1. The van der Waals surface area contributed by atoms with Gasteiger partial charge in [-0.25, -0.2) is 9.69 Å². The molecule has 4 rings (SSSR count). The molecule has 0 atom stereocenters. The number of furan rings is 1. The number of methoxy groups -OCH3 is 1. The summed E-state index contributed by atoms with van der Waals surface area (Å²) in [5, 5.41) is 11.0. The Morgan fingerprint density at radius 2 is 1.73 bits per heavy atom. The Balaban J connectivity index is 1.71. The highest BCUT2D eigenvalue weighted by Crippen LogP contribution is 2.35. The maximum absolute atomic E-state index is 13.0. The molecule has 0 spiro atoms. The predicted octanol–water partition coefficient (Wildman–Crippen LogP) is 3.87. The van der Waals surface area contributed by atoms with E-state index in [1.807, 2.05) is 0 Å². The van der Waals surface area contributed by atoms with Crippen LogP contribution in [0.4, 0.5) is 16.2 Å². The molecule has 0 saturated carbocycles. The van der Waals surface area contributed by atoms with Crippen LogP contribution in [0.15, 0.2) is 70.7 Å². The standard InChI is InChI=1S/C23H17N3O7/c1-24-21(27)18(22(28)25(23(24)29)14-6-4-3-5-7-14)13-16-9-11-19(33-16)17-10-8-15(26(30)31)12-20(17)32-2/h3-13H,1-2H3/b18-13+. The van der Waals surface area contributed by atoms with Gasteiger partial charge in [0.1, 0.15) is 22.8 Å². The molecule has 4 amide bonds. The van der Waals surface area contributed by atoms with Crippen LogP contribution >= 0.6 is 0 Å². The van der Waals surface area contributed by atoms with E-state index in [2.05, 4.69) is 0 Å². The number of imide groups is 2. The number of nitro benzene ring substituents is 1. The molecule has 2 aromatic carbocycles. The zero-order valence-corrected chi connectivity index (χ0v) is 17.6. The molecule has 3 aromatic rings. The van der Waals surface area contributed by atoms with Crippen molar-refractivity contribution >= 4 is 35.3 Å². The monoisotopic (exact) mass is 447 g/mol. The molecule has 1 aliphatic rings. The van der Waals surface area contributed by atoms with Crippen LogP contribution in [0.5, 0.6) is 5.75 Å². The summed E-state index contributed by atoms with van der Waals surface area (Å²) in [6.45, 7) is 0. The Kier molecular flexibility index (Phi) is 5.49. The number of rotatable bonds is 5. The summed E-state index contributed by atoms with van der Waals surface area (Å²) in [7, 11) is 2.66. The SMILES string of the molecule is COc1cc([N+](=O)[O-])ccc1-c1ccc(/C=C2\C(=O)N(C)C(=O)N(c3ccccc3)C2=O)o1. The van der Waals surface area contributed by atoms with Crippen LogP contribution in [0, 0.1) is 10.1 Å². The number of hydrogen-bond acceptors (Lipinski definition) is 7. The van der Waals surface area contributed by atoms with E-state index in [-0.39, 0.29) is 22.8 Å². The molecule has 166 valence electrons. The first-order chi connectivity index (χ1) is 15.8. The minimum Gasteiger partial charge on any atom is -0.496 e. The number of para-hydroxylation sites is 1. The van der Waals surface area contributed by atoms with Crippen molar-refractivity contribution in [1.82, 2.24) is 4.90 Å². The quantitative estimate of drug-likeness (QED) is 0.252. The number of barbiturate groups is 1. The number of nitrogens with zero attached hydrogens (tertiary/aromatic N) is 3. The number of hydrogen-bond donors (Lipinski definition) is 0. The first kappa shape index (κ1) is 21.5. The van der Waals surface area contributed by atoms with Gasteiger partial charge in [0.15, 0.2) is 0 Å². The van der Waals surface area contributed by atoms with Crippen molar-refractivity contribution in [2.45, 2.75) is 0 Å². The average molecular weight is 447 g/mol. The number of carbonyl (C=O) groups excluding carboxylic acids is 3. The van der Waals surface area contributed by atoms with Gasteiger partial charge in [0, 0.05) is 13.1 Å². The first-order valence-corrected chi connectivity index (χ1v) is 9.67. The minimum absolute atomic E-state index is 0.142. The molecular formula is C23H17N3O7. The lowest BCUT2D eigenvalue weighted by molar-refractivity contribution is -0.384. The second kappa shape index (κ2) is 8.42. The summed E-state index contributed by atoms with van der Waals surface area (Å²) in [4.78, 5) is 50.5. The molecule has 1 aliphatic heterocycles. The van der Waals surface area contributed by atoms with E-state index in [4.69, 9.17) is 9.15 Å². The zero-order chi connectivity index (χ0) is 23.7. The van der Waals surface area contributed by atoms with E-state index < -0.39 is 22.8 Å². The predicted molar refractivity (Wildman–Crippen MR) is 117 cm³/mol. The molecule has 1 saturated heterocycles. The van der Waals surface area contributed by atoms with Gasteiger partial charge in [-0.15, -0.1) is 0 Å². The normalized spacial score (nSPS) is 15.3. The Bertz CT molecular complexity index is 1310. The fourth-order valence-corrected chi connectivity index (χ4v) is 3.36. The molecule has 2 heterocycles. The van der Waals surface area contributed by atoms with Crippen LogP contribution < -0.4 is 9.64 Å². The number of benzene rings is 2. The van der Waals surface area contributed by atoms with Crippen LogP contribution in [0.25, 0.3) is 17.4 Å². The van der Waals surface area contributed by atoms with Gasteiger partial charge in [-0.1, -0.05) is 18.2 Å². The van der Waals surface area contributed by atoms with Crippen molar-refractivity contribution in [1.29, 1.82) is 0 Å². The van der Waals surface area contributed by atoms with Crippen LogP contribution in [-0.2, 0) is 9.59 Å². The van der Waals surface area contributed by atoms with Gasteiger partial charge < -0.3 is 9.15 Å². The smallest absolute Gasteiger partial charge is 0.338 e. The highest BCUT2D eigenvalue weighted by molar-refractivity contribution is 6.38. The third kappa shape index (κ3) is 3.85. The molecule has 0 unspecified atom stereocenters. The number of ether oxygens (including phenoxy) is 1. The Morgan fingerprint density at radius 1 is 1.00 bits per heavy atom. The molecule has 1 fully saturated rings. The van der Waals surface area contributed by atoms with Crippen molar-refractivity contribution in [3.63, 3.8) is 0 Å². The summed E-state index contributed by atoms with van der Waals surface area (Å²) in [6, 6.07) is 14.7. The second-order valence-corrected chi connectivity index (χ2v) is 7.02. The van der Waals surface area contributed by atoms with Gasteiger partial charge in [0.25, 0.3) is 17.5 Å². The van der Waals surface area contributed by atoms with E-state index >= 15 is 0 Å². The van der Waals surface area contributed by atoms with Gasteiger partial charge in [0.05, 0.1) is 29.4 Å².